The van der Waals surface area contributed by atoms with Gasteiger partial charge in [-0.1, -0.05) is 6.07 Å². The number of piperidine rings is 1. The maximum Gasteiger partial charge on any atom is 0.573 e. The summed E-state index contributed by atoms with van der Waals surface area (Å²) in [6, 6.07) is 4.84. The molecule has 0 aromatic heterocycles. The number of ether oxygens (including phenoxy) is 1. The number of halogens is 3. The number of amides is 1. The number of carbonyl (C=O) groups excluding carboxylic acids is 1. The number of carboxylic acid groups (broad SMARTS) is 1. The van der Waals surface area contributed by atoms with Crippen molar-refractivity contribution in [1.82, 2.24) is 4.90 Å². The number of nitrogens with zero attached hydrogens (tertiary/aromatic N) is 1. The molecule has 1 aliphatic heterocycles. The SMILES string of the molecule is O=C(O)C1CCN(C(=O)c2cccc(OC(F)(F)F)c2)CC1. The average molecular weight is 317 g/mol. The van der Waals surface area contributed by atoms with Crippen LogP contribution >= 0.6 is 0 Å². The van der Waals surface area contributed by atoms with Gasteiger partial charge in [-0.3, -0.25) is 9.59 Å². The van der Waals surface area contributed by atoms with Crippen molar-refractivity contribution in [2.24, 2.45) is 5.92 Å². The van der Waals surface area contributed by atoms with Gasteiger partial charge in [0, 0.05) is 18.7 Å². The summed E-state index contributed by atoms with van der Waals surface area (Å²) in [5.74, 6) is -2.27. The van der Waals surface area contributed by atoms with Crippen LogP contribution in [0.3, 0.4) is 0 Å². The summed E-state index contributed by atoms with van der Waals surface area (Å²) < 4.78 is 40.3. The molecular weight excluding hydrogens is 303 g/mol. The van der Waals surface area contributed by atoms with Crippen LogP contribution in [0.25, 0.3) is 0 Å². The van der Waals surface area contributed by atoms with Crippen LogP contribution in [-0.4, -0.2) is 41.3 Å². The topological polar surface area (TPSA) is 66.8 Å². The molecule has 0 unspecified atom stereocenters. The Labute approximate surface area is 124 Å². The Morgan fingerprint density at radius 3 is 2.41 bits per heavy atom. The number of carbonyl (C=O) groups is 2. The average Bonchev–Trinajstić information content (AvgIpc) is 2.45. The third-order valence-electron chi connectivity index (χ3n) is 3.45. The molecule has 1 heterocycles. The van der Waals surface area contributed by atoms with E-state index >= 15 is 0 Å². The van der Waals surface area contributed by atoms with E-state index < -0.39 is 29.9 Å². The van der Waals surface area contributed by atoms with Gasteiger partial charge in [0.05, 0.1) is 5.92 Å². The lowest BCUT2D eigenvalue weighted by Crippen LogP contribution is -2.40. The molecule has 22 heavy (non-hydrogen) atoms. The van der Waals surface area contributed by atoms with Crippen LogP contribution in [0.2, 0.25) is 0 Å². The van der Waals surface area contributed by atoms with E-state index in [1.807, 2.05) is 0 Å². The Morgan fingerprint density at radius 1 is 1.23 bits per heavy atom. The van der Waals surface area contributed by atoms with Crippen LogP contribution in [0.5, 0.6) is 5.75 Å². The normalized spacial score (nSPS) is 16.4. The van der Waals surface area contributed by atoms with Gasteiger partial charge in [-0.2, -0.15) is 0 Å². The molecule has 8 heteroatoms. The molecule has 0 spiro atoms. The Hall–Kier alpha value is -2.25. The molecule has 5 nitrogen and oxygen atoms in total. The highest BCUT2D eigenvalue weighted by Gasteiger charge is 2.32. The van der Waals surface area contributed by atoms with Crippen LogP contribution in [0.15, 0.2) is 24.3 Å². The largest absolute Gasteiger partial charge is 0.573 e. The molecule has 1 aromatic rings. The first-order chi connectivity index (χ1) is 10.3. The van der Waals surface area contributed by atoms with Gasteiger partial charge in [-0.25, -0.2) is 0 Å². The number of benzene rings is 1. The number of aliphatic carboxylic acids is 1. The Morgan fingerprint density at radius 2 is 1.86 bits per heavy atom. The maximum absolute atomic E-state index is 12.2. The predicted molar refractivity (Wildman–Crippen MR) is 69.4 cm³/mol. The Bertz CT molecular complexity index is 565. The number of hydrogen-bond donors (Lipinski definition) is 1. The van der Waals surface area contributed by atoms with Gasteiger partial charge in [-0.15, -0.1) is 13.2 Å². The van der Waals surface area contributed by atoms with Crippen molar-refractivity contribution >= 4 is 11.9 Å². The molecule has 1 saturated heterocycles. The first kappa shape index (κ1) is 16.1. The molecular formula is C14H14F3NO4. The van der Waals surface area contributed by atoms with Crippen LogP contribution in [-0.2, 0) is 4.79 Å². The molecule has 0 aliphatic carbocycles. The Balaban J connectivity index is 2.04. The smallest absolute Gasteiger partial charge is 0.481 e. The van der Waals surface area contributed by atoms with E-state index in [0.717, 1.165) is 12.1 Å². The van der Waals surface area contributed by atoms with Crippen molar-refractivity contribution in [2.45, 2.75) is 19.2 Å². The first-order valence-electron chi connectivity index (χ1n) is 6.64. The van der Waals surface area contributed by atoms with Crippen LogP contribution in [0.4, 0.5) is 13.2 Å². The summed E-state index contributed by atoms with van der Waals surface area (Å²) in [5, 5.41) is 8.90. The van der Waals surface area contributed by atoms with Crippen LogP contribution in [0, 0.1) is 5.92 Å². The van der Waals surface area contributed by atoms with E-state index in [1.165, 1.54) is 17.0 Å². The predicted octanol–water partition coefficient (Wildman–Crippen LogP) is 2.52. The number of carboxylic acids is 1. The van der Waals surface area contributed by atoms with Crippen LogP contribution < -0.4 is 4.74 Å². The van der Waals surface area contributed by atoms with Crippen molar-refractivity contribution in [2.75, 3.05) is 13.1 Å². The minimum atomic E-state index is -4.82. The minimum absolute atomic E-state index is 0.0792. The van der Waals surface area contributed by atoms with Crippen molar-refractivity contribution in [1.29, 1.82) is 0 Å². The summed E-state index contributed by atoms with van der Waals surface area (Å²) in [6.07, 6.45) is -4.15. The standard InChI is InChI=1S/C14H14F3NO4/c15-14(16,17)22-11-3-1-2-10(8-11)12(19)18-6-4-9(5-7-18)13(20)21/h1-3,8-9H,4-7H2,(H,20,21). The number of likely N-dealkylation sites (tertiary alicyclic amines) is 1. The summed E-state index contributed by atoms with van der Waals surface area (Å²) in [4.78, 5) is 24.5. The lowest BCUT2D eigenvalue weighted by Gasteiger charge is -2.30. The molecule has 120 valence electrons. The van der Waals surface area contributed by atoms with E-state index in [2.05, 4.69) is 4.74 Å². The van der Waals surface area contributed by atoms with Gasteiger partial charge in [-0.05, 0) is 31.0 Å². The van der Waals surface area contributed by atoms with Crippen molar-refractivity contribution < 1.29 is 32.6 Å². The Kier molecular flexibility index (Phi) is 4.58. The third-order valence-corrected chi connectivity index (χ3v) is 3.45. The second kappa shape index (κ2) is 6.25. The molecule has 1 amide bonds. The van der Waals surface area contributed by atoms with E-state index in [1.54, 1.807) is 0 Å². The highest BCUT2D eigenvalue weighted by Crippen LogP contribution is 2.25. The van der Waals surface area contributed by atoms with Gasteiger partial charge >= 0.3 is 12.3 Å². The van der Waals surface area contributed by atoms with Crippen molar-refractivity contribution in [3.8, 4) is 5.75 Å². The first-order valence-corrected chi connectivity index (χ1v) is 6.64. The summed E-state index contributed by atoms with van der Waals surface area (Å²) in [5.41, 5.74) is 0.0792. The molecule has 0 atom stereocenters. The second-order valence-electron chi connectivity index (χ2n) is 4.98. The molecule has 0 bridgehead atoms. The van der Waals surface area contributed by atoms with E-state index in [-0.39, 0.29) is 18.7 Å². The fourth-order valence-electron chi connectivity index (χ4n) is 2.34. The monoisotopic (exact) mass is 317 g/mol. The fourth-order valence-corrected chi connectivity index (χ4v) is 2.34. The molecule has 2 rings (SSSR count). The summed E-state index contributed by atoms with van der Waals surface area (Å²) in [7, 11) is 0. The zero-order chi connectivity index (χ0) is 16.3. The maximum atomic E-state index is 12.2. The zero-order valence-electron chi connectivity index (χ0n) is 11.5. The van der Waals surface area contributed by atoms with Crippen molar-refractivity contribution in [3.05, 3.63) is 29.8 Å². The molecule has 1 fully saturated rings. The minimum Gasteiger partial charge on any atom is -0.481 e. The molecule has 1 aromatic carbocycles. The summed E-state index contributed by atoms with van der Waals surface area (Å²) in [6.45, 7) is 0.528. The molecule has 0 saturated carbocycles. The van der Waals surface area contributed by atoms with Gasteiger partial charge < -0.3 is 14.7 Å². The molecule has 0 radical (unpaired) electrons. The van der Waals surface area contributed by atoms with Crippen LogP contribution in [0.1, 0.15) is 23.2 Å². The highest BCUT2D eigenvalue weighted by atomic mass is 19.4. The van der Waals surface area contributed by atoms with E-state index in [9.17, 15) is 22.8 Å². The van der Waals surface area contributed by atoms with Crippen molar-refractivity contribution in [3.63, 3.8) is 0 Å². The lowest BCUT2D eigenvalue weighted by molar-refractivity contribution is -0.274. The lowest BCUT2D eigenvalue weighted by atomic mass is 9.96. The van der Waals surface area contributed by atoms with Gasteiger partial charge in [0.1, 0.15) is 5.75 Å². The summed E-state index contributed by atoms with van der Waals surface area (Å²) >= 11 is 0. The van der Waals surface area contributed by atoms with Gasteiger partial charge in [0.25, 0.3) is 5.91 Å². The third kappa shape index (κ3) is 4.12. The fraction of sp³-hybridized carbons (Fsp3) is 0.429. The number of alkyl halides is 3. The second-order valence-corrected chi connectivity index (χ2v) is 4.98. The van der Waals surface area contributed by atoms with E-state index in [4.69, 9.17) is 5.11 Å². The number of rotatable bonds is 3. The zero-order valence-corrected chi connectivity index (χ0v) is 11.5. The number of hydrogen-bond acceptors (Lipinski definition) is 3. The van der Waals surface area contributed by atoms with Gasteiger partial charge in [0.2, 0.25) is 0 Å². The van der Waals surface area contributed by atoms with E-state index in [0.29, 0.717) is 12.8 Å². The molecule has 1 N–H and O–H groups in total. The quantitative estimate of drug-likeness (QED) is 0.930. The van der Waals surface area contributed by atoms with Gasteiger partial charge in [0.15, 0.2) is 0 Å². The highest BCUT2D eigenvalue weighted by molar-refractivity contribution is 5.94. The molecule has 1 aliphatic rings.